The molecule has 6 nitrogen and oxygen atoms in total. The zero-order valence-electron chi connectivity index (χ0n) is 15.0. The SMILES string of the molecule is CC(Oc1ccc(CCCc2n[nH]c(=S)o2)cc1)C(=O)OC(C)(C)C. The van der Waals surface area contributed by atoms with E-state index in [1.54, 1.807) is 6.92 Å². The molecule has 0 bridgehead atoms. The molecule has 1 N–H and O–H groups in total. The Morgan fingerprint density at radius 2 is 1.96 bits per heavy atom. The molecule has 1 heterocycles. The van der Waals surface area contributed by atoms with Crippen LogP contribution in [0, 0.1) is 4.84 Å². The third-order valence-electron chi connectivity index (χ3n) is 3.31. The van der Waals surface area contributed by atoms with Crippen LogP contribution in [0.1, 0.15) is 45.6 Å². The zero-order valence-corrected chi connectivity index (χ0v) is 15.8. The van der Waals surface area contributed by atoms with Crippen LogP contribution in [0.15, 0.2) is 28.7 Å². The zero-order chi connectivity index (χ0) is 18.4. The Balaban J connectivity index is 1.80. The number of aromatic amines is 1. The van der Waals surface area contributed by atoms with Crippen LogP contribution in [0.5, 0.6) is 5.75 Å². The third kappa shape index (κ3) is 6.70. The number of rotatable bonds is 7. The van der Waals surface area contributed by atoms with Crippen LogP contribution in [0.4, 0.5) is 0 Å². The molecule has 0 amide bonds. The van der Waals surface area contributed by atoms with E-state index in [4.69, 9.17) is 26.1 Å². The van der Waals surface area contributed by atoms with Gasteiger partial charge in [-0.25, -0.2) is 9.89 Å². The normalized spacial score (nSPS) is 12.6. The third-order valence-corrected chi connectivity index (χ3v) is 3.49. The van der Waals surface area contributed by atoms with E-state index in [2.05, 4.69) is 10.2 Å². The van der Waals surface area contributed by atoms with Crippen molar-refractivity contribution in [1.29, 1.82) is 0 Å². The minimum Gasteiger partial charge on any atom is -0.479 e. The Morgan fingerprint density at radius 1 is 1.28 bits per heavy atom. The molecular formula is C18H24N2O4S. The summed E-state index contributed by atoms with van der Waals surface area (Å²) in [6, 6.07) is 7.68. The summed E-state index contributed by atoms with van der Waals surface area (Å²) in [5.41, 5.74) is 0.650. The molecule has 7 heteroatoms. The van der Waals surface area contributed by atoms with Crippen LogP contribution in [0.3, 0.4) is 0 Å². The summed E-state index contributed by atoms with van der Waals surface area (Å²) in [6.07, 6.45) is 1.86. The van der Waals surface area contributed by atoms with Gasteiger partial charge >= 0.3 is 5.97 Å². The summed E-state index contributed by atoms with van der Waals surface area (Å²) in [7, 11) is 0. The molecule has 1 unspecified atom stereocenters. The van der Waals surface area contributed by atoms with Gasteiger partial charge in [-0.15, -0.1) is 5.10 Å². The van der Waals surface area contributed by atoms with Crippen molar-refractivity contribution in [3.63, 3.8) is 0 Å². The molecule has 2 aromatic rings. The van der Waals surface area contributed by atoms with Crippen molar-refractivity contribution in [3.05, 3.63) is 40.6 Å². The lowest BCUT2D eigenvalue weighted by molar-refractivity contribution is -0.162. The largest absolute Gasteiger partial charge is 0.479 e. The van der Waals surface area contributed by atoms with Gasteiger partial charge in [-0.1, -0.05) is 12.1 Å². The molecule has 0 fully saturated rings. The lowest BCUT2D eigenvalue weighted by Gasteiger charge is -2.22. The van der Waals surface area contributed by atoms with Crippen LogP contribution >= 0.6 is 12.2 Å². The van der Waals surface area contributed by atoms with Gasteiger partial charge < -0.3 is 13.9 Å². The number of ether oxygens (including phenoxy) is 2. The van der Waals surface area contributed by atoms with Gasteiger partial charge in [0, 0.05) is 6.42 Å². The minimum absolute atomic E-state index is 0.301. The second-order valence-electron chi connectivity index (χ2n) is 6.80. The van der Waals surface area contributed by atoms with Crippen molar-refractivity contribution in [2.75, 3.05) is 0 Å². The van der Waals surface area contributed by atoms with E-state index in [0.717, 1.165) is 19.3 Å². The van der Waals surface area contributed by atoms with Gasteiger partial charge in [-0.3, -0.25) is 0 Å². The molecule has 0 radical (unpaired) electrons. The van der Waals surface area contributed by atoms with Crippen molar-refractivity contribution >= 4 is 18.2 Å². The van der Waals surface area contributed by atoms with Crippen molar-refractivity contribution in [1.82, 2.24) is 10.2 Å². The van der Waals surface area contributed by atoms with Crippen LogP contribution in [0.2, 0.25) is 0 Å². The van der Waals surface area contributed by atoms with Gasteiger partial charge in [0.25, 0.3) is 4.84 Å². The lowest BCUT2D eigenvalue weighted by Crippen LogP contribution is -2.33. The minimum atomic E-state index is -0.654. The molecule has 0 saturated carbocycles. The number of hydrogen-bond donors (Lipinski definition) is 1. The first-order valence-electron chi connectivity index (χ1n) is 8.26. The predicted molar refractivity (Wildman–Crippen MR) is 96.1 cm³/mol. The van der Waals surface area contributed by atoms with Crippen LogP contribution in [-0.4, -0.2) is 27.9 Å². The highest BCUT2D eigenvalue weighted by Gasteiger charge is 2.22. The van der Waals surface area contributed by atoms with Crippen molar-refractivity contribution in [3.8, 4) is 5.75 Å². The van der Waals surface area contributed by atoms with E-state index >= 15 is 0 Å². The van der Waals surface area contributed by atoms with Gasteiger partial charge in [-0.05, 0) is 70.5 Å². The number of esters is 1. The van der Waals surface area contributed by atoms with Gasteiger partial charge in [0.1, 0.15) is 11.4 Å². The van der Waals surface area contributed by atoms with Crippen molar-refractivity contribution in [2.24, 2.45) is 0 Å². The standard InChI is InChI=1S/C18H24N2O4S/c1-12(16(21)24-18(2,3)4)22-14-10-8-13(9-11-14)6-5-7-15-19-20-17(25)23-15/h8-12H,5-7H2,1-4H3,(H,20,25). The summed E-state index contributed by atoms with van der Waals surface area (Å²) in [5.74, 6) is 0.886. The molecule has 1 aromatic heterocycles. The number of aromatic nitrogens is 2. The molecule has 25 heavy (non-hydrogen) atoms. The van der Waals surface area contributed by atoms with Gasteiger partial charge in [0.05, 0.1) is 0 Å². The molecule has 0 aliphatic rings. The quantitative estimate of drug-likeness (QED) is 0.591. The Kier molecular flexibility index (Phi) is 6.36. The van der Waals surface area contributed by atoms with Crippen LogP contribution in [0.25, 0.3) is 0 Å². The van der Waals surface area contributed by atoms with E-state index < -0.39 is 11.7 Å². The number of nitrogens with zero attached hydrogens (tertiary/aromatic N) is 1. The summed E-state index contributed by atoms with van der Waals surface area (Å²) >= 11 is 4.84. The molecule has 0 saturated heterocycles. The van der Waals surface area contributed by atoms with E-state index in [9.17, 15) is 4.79 Å². The maximum absolute atomic E-state index is 11.9. The molecule has 1 aromatic carbocycles. The van der Waals surface area contributed by atoms with E-state index in [-0.39, 0.29) is 5.97 Å². The van der Waals surface area contributed by atoms with Crippen molar-refractivity contribution in [2.45, 2.75) is 58.7 Å². The number of aryl methyl sites for hydroxylation is 2. The number of hydrogen-bond acceptors (Lipinski definition) is 6. The fraction of sp³-hybridized carbons (Fsp3) is 0.500. The Bertz CT molecular complexity index is 743. The van der Waals surface area contributed by atoms with Crippen LogP contribution < -0.4 is 4.74 Å². The highest BCUT2D eigenvalue weighted by atomic mass is 32.1. The predicted octanol–water partition coefficient (Wildman–Crippen LogP) is 4.02. The van der Waals surface area contributed by atoms with E-state index in [1.807, 2.05) is 45.0 Å². The van der Waals surface area contributed by atoms with Gasteiger partial charge in [0.2, 0.25) is 5.89 Å². The first kappa shape index (κ1) is 19.2. The summed E-state index contributed by atoms with van der Waals surface area (Å²) < 4.78 is 16.2. The monoisotopic (exact) mass is 364 g/mol. The molecule has 0 aliphatic heterocycles. The van der Waals surface area contributed by atoms with Gasteiger partial charge in [0.15, 0.2) is 6.10 Å². The molecule has 1 atom stereocenters. The smallest absolute Gasteiger partial charge is 0.347 e. The topological polar surface area (TPSA) is 77.4 Å². The average Bonchev–Trinajstić information content (AvgIpc) is 2.93. The van der Waals surface area contributed by atoms with E-state index in [0.29, 0.717) is 16.5 Å². The number of carbonyl (C=O) groups excluding carboxylic acids is 1. The average molecular weight is 364 g/mol. The second-order valence-corrected chi connectivity index (χ2v) is 7.17. The first-order valence-corrected chi connectivity index (χ1v) is 8.66. The Labute approximate surface area is 152 Å². The first-order chi connectivity index (χ1) is 11.7. The summed E-state index contributed by atoms with van der Waals surface area (Å²) in [4.78, 5) is 12.2. The highest BCUT2D eigenvalue weighted by Crippen LogP contribution is 2.17. The van der Waals surface area contributed by atoms with E-state index in [1.165, 1.54) is 5.56 Å². The summed E-state index contributed by atoms with van der Waals surface area (Å²) in [5, 5.41) is 6.59. The number of carbonyl (C=O) groups is 1. The number of benzene rings is 1. The molecular weight excluding hydrogens is 340 g/mol. The highest BCUT2D eigenvalue weighted by molar-refractivity contribution is 7.71. The molecule has 2 rings (SSSR count). The van der Waals surface area contributed by atoms with Gasteiger partial charge in [-0.2, -0.15) is 0 Å². The molecule has 0 spiro atoms. The Hall–Kier alpha value is -2.15. The maximum atomic E-state index is 11.9. The fourth-order valence-electron chi connectivity index (χ4n) is 2.18. The fourth-order valence-corrected chi connectivity index (χ4v) is 2.32. The summed E-state index contributed by atoms with van der Waals surface area (Å²) in [6.45, 7) is 7.18. The number of H-pyrrole nitrogens is 1. The number of nitrogens with one attached hydrogen (secondary N) is 1. The Morgan fingerprint density at radius 3 is 2.52 bits per heavy atom. The van der Waals surface area contributed by atoms with Crippen LogP contribution in [-0.2, 0) is 22.4 Å². The second kappa shape index (κ2) is 8.29. The maximum Gasteiger partial charge on any atom is 0.347 e. The van der Waals surface area contributed by atoms with Crippen molar-refractivity contribution < 1.29 is 18.7 Å². The molecule has 0 aliphatic carbocycles. The molecule has 136 valence electrons. The lowest BCUT2D eigenvalue weighted by atomic mass is 10.1.